The lowest BCUT2D eigenvalue weighted by atomic mass is 10.2. The average molecular weight is 246 g/mol. The minimum atomic E-state index is -0.0170. The van der Waals surface area contributed by atoms with Crippen LogP contribution < -0.4 is 4.90 Å². The van der Waals surface area contributed by atoms with Crippen LogP contribution in [0.15, 0.2) is 18.5 Å². The molecule has 0 saturated carbocycles. The van der Waals surface area contributed by atoms with Crippen molar-refractivity contribution in [3.8, 4) is 0 Å². The Kier molecular flexibility index (Phi) is 2.71. The molecule has 3 rings (SSSR count). The van der Waals surface area contributed by atoms with E-state index in [-0.39, 0.29) is 5.78 Å². The summed E-state index contributed by atoms with van der Waals surface area (Å²) in [4.78, 5) is 18.2. The summed E-state index contributed by atoms with van der Waals surface area (Å²) < 4.78 is 6.94. The van der Waals surface area contributed by atoms with Gasteiger partial charge in [-0.05, 0) is 13.0 Å². The van der Waals surface area contributed by atoms with Gasteiger partial charge in [-0.25, -0.2) is 9.50 Å². The predicted molar refractivity (Wildman–Crippen MR) is 66.0 cm³/mol. The maximum atomic E-state index is 11.5. The van der Waals surface area contributed by atoms with Crippen molar-refractivity contribution in [2.75, 3.05) is 31.2 Å². The van der Waals surface area contributed by atoms with Gasteiger partial charge >= 0.3 is 0 Å². The highest BCUT2D eigenvalue weighted by molar-refractivity contribution is 5.99. The van der Waals surface area contributed by atoms with Gasteiger partial charge in [-0.15, -0.1) is 0 Å². The van der Waals surface area contributed by atoms with Crippen LogP contribution in [0.25, 0.3) is 5.65 Å². The van der Waals surface area contributed by atoms with Gasteiger partial charge in [0.05, 0.1) is 25.0 Å². The molecule has 2 aromatic rings. The lowest BCUT2D eigenvalue weighted by Crippen LogP contribution is -2.36. The second kappa shape index (κ2) is 4.38. The minimum absolute atomic E-state index is 0.0170. The Hall–Kier alpha value is -1.95. The Balaban J connectivity index is 2.03. The number of morpholine rings is 1. The molecule has 0 N–H and O–H groups in total. The van der Waals surface area contributed by atoms with Crippen molar-refractivity contribution >= 4 is 17.2 Å². The first-order chi connectivity index (χ1) is 8.75. The fourth-order valence-electron chi connectivity index (χ4n) is 2.08. The van der Waals surface area contributed by atoms with E-state index in [4.69, 9.17) is 4.74 Å². The summed E-state index contributed by atoms with van der Waals surface area (Å²) in [6.45, 7) is 4.61. The van der Waals surface area contributed by atoms with Crippen molar-refractivity contribution in [1.82, 2.24) is 14.6 Å². The number of anilines is 1. The molecule has 0 unspecified atom stereocenters. The van der Waals surface area contributed by atoms with Crippen molar-refractivity contribution in [3.05, 3.63) is 24.0 Å². The van der Waals surface area contributed by atoms with E-state index in [1.807, 2.05) is 12.3 Å². The summed E-state index contributed by atoms with van der Waals surface area (Å²) in [5.41, 5.74) is 1.18. The van der Waals surface area contributed by atoms with Gasteiger partial charge in [-0.3, -0.25) is 4.79 Å². The number of carbonyl (C=O) groups is 1. The molecular weight excluding hydrogens is 232 g/mol. The van der Waals surface area contributed by atoms with E-state index < -0.39 is 0 Å². The van der Waals surface area contributed by atoms with Crippen molar-refractivity contribution in [1.29, 1.82) is 0 Å². The number of carbonyl (C=O) groups excluding carboxylic acids is 1. The second-order valence-electron chi connectivity index (χ2n) is 4.27. The fourth-order valence-corrected chi connectivity index (χ4v) is 2.08. The largest absolute Gasteiger partial charge is 0.378 e. The molecule has 6 heteroatoms. The molecule has 0 aromatic carbocycles. The summed E-state index contributed by atoms with van der Waals surface area (Å²) in [7, 11) is 0. The van der Waals surface area contributed by atoms with Gasteiger partial charge < -0.3 is 9.64 Å². The van der Waals surface area contributed by atoms with Gasteiger partial charge in [0.1, 0.15) is 5.82 Å². The molecule has 0 atom stereocenters. The predicted octanol–water partition coefficient (Wildman–Crippen LogP) is 0.768. The highest BCUT2D eigenvalue weighted by Gasteiger charge is 2.15. The fraction of sp³-hybridized carbons (Fsp3) is 0.417. The molecule has 0 spiro atoms. The zero-order valence-electron chi connectivity index (χ0n) is 10.2. The van der Waals surface area contributed by atoms with Crippen LogP contribution in [-0.2, 0) is 4.74 Å². The van der Waals surface area contributed by atoms with Crippen LogP contribution in [0.5, 0.6) is 0 Å². The van der Waals surface area contributed by atoms with E-state index in [1.54, 1.807) is 10.7 Å². The molecule has 0 amide bonds. The maximum absolute atomic E-state index is 11.5. The lowest BCUT2D eigenvalue weighted by molar-refractivity contribution is 0.101. The summed E-state index contributed by atoms with van der Waals surface area (Å²) in [5, 5.41) is 4.12. The number of rotatable bonds is 2. The molecule has 1 fully saturated rings. The number of aromatic nitrogens is 3. The SMILES string of the molecule is CC(=O)c1cnn2ccc(N3CCOCC3)nc12. The number of fused-ring (bicyclic) bond motifs is 1. The first kappa shape index (κ1) is 11.2. The Morgan fingerprint density at radius 2 is 2.17 bits per heavy atom. The van der Waals surface area contributed by atoms with Crippen molar-refractivity contribution in [2.24, 2.45) is 0 Å². The number of nitrogens with zero attached hydrogens (tertiary/aromatic N) is 4. The Bertz CT molecular complexity index is 587. The molecule has 1 saturated heterocycles. The Morgan fingerprint density at radius 1 is 1.39 bits per heavy atom. The Morgan fingerprint density at radius 3 is 2.89 bits per heavy atom. The number of hydrogen-bond donors (Lipinski definition) is 0. The summed E-state index contributed by atoms with van der Waals surface area (Å²) in [5.74, 6) is 0.852. The average Bonchev–Trinajstić information content (AvgIpc) is 2.82. The monoisotopic (exact) mass is 246 g/mol. The molecule has 18 heavy (non-hydrogen) atoms. The zero-order chi connectivity index (χ0) is 12.5. The molecule has 6 nitrogen and oxygen atoms in total. The van der Waals surface area contributed by atoms with Crippen LogP contribution in [0.3, 0.4) is 0 Å². The molecule has 1 aliphatic heterocycles. The van der Waals surface area contributed by atoms with E-state index in [2.05, 4.69) is 15.0 Å². The van der Waals surface area contributed by atoms with E-state index in [0.717, 1.165) is 18.9 Å². The standard InChI is InChI=1S/C12H14N4O2/c1-9(17)10-8-13-16-3-2-11(14-12(10)16)15-4-6-18-7-5-15/h2-3,8H,4-7H2,1H3. The van der Waals surface area contributed by atoms with Crippen LogP contribution in [0.2, 0.25) is 0 Å². The van der Waals surface area contributed by atoms with Crippen LogP contribution >= 0.6 is 0 Å². The van der Waals surface area contributed by atoms with E-state index in [1.165, 1.54) is 6.92 Å². The van der Waals surface area contributed by atoms with Crippen LogP contribution in [0.4, 0.5) is 5.82 Å². The second-order valence-corrected chi connectivity index (χ2v) is 4.27. The normalized spacial score (nSPS) is 16.2. The molecule has 2 aromatic heterocycles. The number of Topliss-reactive ketones (excluding diaryl/α,β-unsaturated/α-hetero) is 1. The van der Waals surface area contributed by atoms with Crippen LogP contribution in [-0.4, -0.2) is 46.7 Å². The third kappa shape index (κ3) is 1.84. The minimum Gasteiger partial charge on any atom is -0.378 e. The van der Waals surface area contributed by atoms with Gasteiger partial charge in [-0.2, -0.15) is 5.10 Å². The quantitative estimate of drug-likeness (QED) is 0.732. The first-order valence-electron chi connectivity index (χ1n) is 5.94. The number of hydrogen-bond acceptors (Lipinski definition) is 5. The summed E-state index contributed by atoms with van der Waals surface area (Å²) >= 11 is 0. The molecular formula is C12H14N4O2. The Labute approximate surface area is 104 Å². The van der Waals surface area contributed by atoms with Crippen molar-refractivity contribution in [2.45, 2.75) is 6.92 Å². The van der Waals surface area contributed by atoms with E-state index in [9.17, 15) is 4.79 Å². The first-order valence-corrected chi connectivity index (χ1v) is 5.94. The number of ketones is 1. The van der Waals surface area contributed by atoms with Crippen molar-refractivity contribution < 1.29 is 9.53 Å². The highest BCUT2D eigenvalue weighted by Crippen LogP contribution is 2.16. The smallest absolute Gasteiger partial charge is 0.168 e. The lowest BCUT2D eigenvalue weighted by Gasteiger charge is -2.27. The van der Waals surface area contributed by atoms with Crippen LogP contribution in [0, 0.1) is 0 Å². The van der Waals surface area contributed by atoms with Crippen LogP contribution in [0.1, 0.15) is 17.3 Å². The summed E-state index contributed by atoms with van der Waals surface area (Å²) in [6, 6.07) is 1.91. The molecule has 1 aliphatic rings. The van der Waals surface area contributed by atoms with Gasteiger partial charge in [0, 0.05) is 19.3 Å². The highest BCUT2D eigenvalue weighted by atomic mass is 16.5. The van der Waals surface area contributed by atoms with Gasteiger partial charge in [-0.1, -0.05) is 0 Å². The van der Waals surface area contributed by atoms with Gasteiger partial charge in [0.2, 0.25) is 0 Å². The van der Waals surface area contributed by atoms with E-state index in [0.29, 0.717) is 24.4 Å². The van der Waals surface area contributed by atoms with Gasteiger partial charge in [0.25, 0.3) is 0 Å². The molecule has 0 aliphatic carbocycles. The molecule has 0 bridgehead atoms. The van der Waals surface area contributed by atoms with E-state index >= 15 is 0 Å². The topological polar surface area (TPSA) is 59.7 Å². The molecule has 94 valence electrons. The third-order valence-electron chi connectivity index (χ3n) is 3.07. The number of ether oxygens (including phenoxy) is 1. The molecule has 0 radical (unpaired) electrons. The summed E-state index contributed by atoms with van der Waals surface area (Å²) in [6.07, 6.45) is 3.40. The maximum Gasteiger partial charge on any atom is 0.168 e. The molecule has 3 heterocycles. The zero-order valence-corrected chi connectivity index (χ0v) is 10.2. The third-order valence-corrected chi connectivity index (χ3v) is 3.07. The van der Waals surface area contributed by atoms with Gasteiger partial charge in [0.15, 0.2) is 11.4 Å². The van der Waals surface area contributed by atoms with Crippen molar-refractivity contribution in [3.63, 3.8) is 0 Å².